The van der Waals surface area contributed by atoms with E-state index < -0.39 is 0 Å². The molecule has 2 rings (SSSR count). The molecule has 0 radical (unpaired) electrons. The summed E-state index contributed by atoms with van der Waals surface area (Å²) in [6.07, 6.45) is 3.09. The minimum absolute atomic E-state index is 0.0452. The van der Waals surface area contributed by atoms with Gasteiger partial charge in [0.15, 0.2) is 5.78 Å². The molecule has 4 nitrogen and oxygen atoms in total. The van der Waals surface area contributed by atoms with Gasteiger partial charge >= 0.3 is 0 Å². The third-order valence-corrected chi connectivity index (χ3v) is 2.22. The topological polar surface area (TPSA) is 76.2 Å². The summed E-state index contributed by atoms with van der Waals surface area (Å²) < 4.78 is 0. The Labute approximate surface area is 92.4 Å². The Hall–Kier alpha value is -2.36. The van der Waals surface area contributed by atoms with Crippen LogP contribution in [0.1, 0.15) is 15.9 Å². The van der Waals surface area contributed by atoms with Crippen LogP contribution in [0.2, 0.25) is 0 Å². The Morgan fingerprint density at radius 1 is 1.19 bits per heavy atom. The molecule has 0 aliphatic rings. The molecule has 0 aliphatic carbocycles. The van der Waals surface area contributed by atoms with Gasteiger partial charge in [-0.05, 0) is 24.3 Å². The Bertz CT molecular complexity index is 524. The van der Waals surface area contributed by atoms with Crippen molar-refractivity contribution in [3.8, 4) is 5.75 Å². The lowest BCUT2D eigenvalue weighted by Gasteiger charge is -2.04. The fraction of sp³-hybridized carbons (Fsp3) is 0. The molecule has 0 fully saturated rings. The number of ketones is 1. The molecule has 0 atom stereocenters. The molecule has 1 aromatic heterocycles. The number of hydrogen-bond acceptors (Lipinski definition) is 4. The van der Waals surface area contributed by atoms with Crippen LogP contribution in [0.3, 0.4) is 0 Å². The van der Waals surface area contributed by atoms with E-state index in [-0.39, 0.29) is 17.2 Å². The van der Waals surface area contributed by atoms with Crippen molar-refractivity contribution in [2.24, 2.45) is 0 Å². The van der Waals surface area contributed by atoms with Gasteiger partial charge in [0.05, 0.1) is 0 Å². The molecule has 1 aromatic carbocycles. The molecule has 3 N–H and O–H groups in total. The average molecular weight is 214 g/mol. The van der Waals surface area contributed by atoms with Crippen LogP contribution in [0.15, 0.2) is 42.7 Å². The Kier molecular flexibility index (Phi) is 2.55. The van der Waals surface area contributed by atoms with Gasteiger partial charge < -0.3 is 10.8 Å². The van der Waals surface area contributed by atoms with Gasteiger partial charge in [-0.3, -0.25) is 9.78 Å². The van der Waals surface area contributed by atoms with Crippen LogP contribution < -0.4 is 5.73 Å². The fourth-order valence-electron chi connectivity index (χ4n) is 1.42. The van der Waals surface area contributed by atoms with E-state index in [0.29, 0.717) is 11.1 Å². The molecule has 4 heteroatoms. The Balaban J connectivity index is 2.42. The zero-order valence-corrected chi connectivity index (χ0v) is 8.42. The molecule has 80 valence electrons. The van der Waals surface area contributed by atoms with E-state index in [1.165, 1.54) is 18.2 Å². The quantitative estimate of drug-likeness (QED) is 0.588. The van der Waals surface area contributed by atoms with E-state index >= 15 is 0 Å². The number of carbonyl (C=O) groups excluding carboxylic acids is 1. The number of nitrogens with zero attached hydrogens (tertiary/aromatic N) is 1. The highest BCUT2D eigenvalue weighted by Gasteiger charge is 2.12. The van der Waals surface area contributed by atoms with E-state index in [2.05, 4.69) is 4.98 Å². The van der Waals surface area contributed by atoms with Gasteiger partial charge in [-0.15, -0.1) is 0 Å². The van der Waals surface area contributed by atoms with Crippen molar-refractivity contribution in [3.05, 3.63) is 53.9 Å². The lowest BCUT2D eigenvalue weighted by atomic mass is 10.0. The number of rotatable bonds is 2. The average Bonchev–Trinajstić information content (AvgIpc) is 2.29. The number of phenols is 1. The lowest BCUT2D eigenvalue weighted by molar-refractivity contribution is 0.103. The third kappa shape index (κ3) is 1.86. The number of nitrogen functional groups attached to an aromatic ring is 1. The fourth-order valence-corrected chi connectivity index (χ4v) is 1.42. The number of hydrogen-bond donors (Lipinski definition) is 2. The van der Waals surface area contributed by atoms with Crippen LogP contribution in [0.25, 0.3) is 0 Å². The van der Waals surface area contributed by atoms with Gasteiger partial charge in [0.1, 0.15) is 5.75 Å². The standard InChI is InChI=1S/C12H10N2O2/c13-11-7-9(15)1-2-10(11)12(16)8-3-5-14-6-4-8/h1-7,15H,13H2. The minimum Gasteiger partial charge on any atom is -0.508 e. The zero-order valence-electron chi connectivity index (χ0n) is 8.42. The number of aromatic hydroxyl groups is 1. The lowest BCUT2D eigenvalue weighted by Crippen LogP contribution is -2.05. The SMILES string of the molecule is Nc1cc(O)ccc1C(=O)c1ccncc1. The first-order chi connectivity index (χ1) is 7.68. The number of aromatic nitrogens is 1. The molecule has 16 heavy (non-hydrogen) atoms. The maximum Gasteiger partial charge on any atom is 0.195 e. The highest BCUT2D eigenvalue weighted by atomic mass is 16.3. The van der Waals surface area contributed by atoms with E-state index in [0.717, 1.165) is 0 Å². The van der Waals surface area contributed by atoms with Gasteiger partial charge in [0.25, 0.3) is 0 Å². The van der Waals surface area contributed by atoms with Crippen LogP contribution in [-0.4, -0.2) is 15.9 Å². The molecule has 0 unspecified atom stereocenters. The molecule has 1 heterocycles. The van der Waals surface area contributed by atoms with Crippen LogP contribution in [-0.2, 0) is 0 Å². The van der Waals surface area contributed by atoms with Crippen LogP contribution in [0.4, 0.5) is 5.69 Å². The first-order valence-electron chi connectivity index (χ1n) is 4.71. The maximum absolute atomic E-state index is 12.0. The second kappa shape index (κ2) is 4.02. The van der Waals surface area contributed by atoms with E-state index in [4.69, 9.17) is 5.73 Å². The van der Waals surface area contributed by atoms with E-state index in [1.54, 1.807) is 24.5 Å². The normalized spacial score (nSPS) is 10.0. The third-order valence-electron chi connectivity index (χ3n) is 2.22. The summed E-state index contributed by atoms with van der Waals surface area (Å²) in [5.41, 5.74) is 6.83. The van der Waals surface area contributed by atoms with Crippen molar-refractivity contribution >= 4 is 11.5 Å². The van der Waals surface area contributed by atoms with Gasteiger partial charge in [0, 0.05) is 35.3 Å². The van der Waals surface area contributed by atoms with Crippen molar-refractivity contribution in [1.29, 1.82) is 0 Å². The van der Waals surface area contributed by atoms with Gasteiger partial charge in [-0.2, -0.15) is 0 Å². The Morgan fingerprint density at radius 3 is 2.50 bits per heavy atom. The number of carbonyl (C=O) groups is 1. The summed E-state index contributed by atoms with van der Waals surface area (Å²) in [6, 6.07) is 7.54. The van der Waals surface area contributed by atoms with Crippen molar-refractivity contribution in [1.82, 2.24) is 4.98 Å². The van der Waals surface area contributed by atoms with Crippen molar-refractivity contribution in [3.63, 3.8) is 0 Å². The maximum atomic E-state index is 12.0. The first kappa shape index (κ1) is 10.2. The smallest absolute Gasteiger partial charge is 0.195 e. The van der Waals surface area contributed by atoms with Crippen molar-refractivity contribution < 1.29 is 9.90 Å². The molecule has 0 bridgehead atoms. The van der Waals surface area contributed by atoms with Gasteiger partial charge in [-0.25, -0.2) is 0 Å². The molecule has 0 amide bonds. The second-order valence-corrected chi connectivity index (χ2v) is 3.34. The zero-order chi connectivity index (χ0) is 11.5. The Morgan fingerprint density at radius 2 is 1.88 bits per heavy atom. The van der Waals surface area contributed by atoms with Crippen LogP contribution in [0, 0.1) is 0 Å². The summed E-state index contributed by atoms with van der Waals surface area (Å²) >= 11 is 0. The highest BCUT2D eigenvalue weighted by Crippen LogP contribution is 2.21. The first-order valence-corrected chi connectivity index (χ1v) is 4.71. The van der Waals surface area contributed by atoms with E-state index in [1.807, 2.05) is 0 Å². The van der Waals surface area contributed by atoms with Crippen molar-refractivity contribution in [2.45, 2.75) is 0 Å². The second-order valence-electron chi connectivity index (χ2n) is 3.34. The van der Waals surface area contributed by atoms with Gasteiger partial charge in [-0.1, -0.05) is 0 Å². The number of pyridine rings is 1. The number of benzene rings is 1. The van der Waals surface area contributed by atoms with Gasteiger partial charge in [0.2, 0.25) is 0 Å². The summed E-state index contributed by atoms with van der Waals surface area (Å²) in [6.45, 7) is 0. The number of phenolic OH excluding ortho intramolecular Hbond substituents is 1. The number of nitrogens with two attached hydrogens (primary N) is 1. The summed E-state index contributed by atoms with van der Waals surface area (Å²) in [5.74, 6) is -0.135. The molecule has 0 aliphatic heterocycles. The minimum atomic E-state index is -0.181. The summed E-state index contributed by atoms with van der Waals surface area (Å²) in [5, 5.41) is 9.19. The molecule has 2 aromatic rings. The number of anilines is 1. The molecular formula is C12H10N2O2. The van der Waals surface area contributed by atoms with Crippen LogP contribution in [0.5, 0.6) is 5.75 Å². The molecular weight excluding hydrogens is 204 g/mol. The summed E-state index contributed by atoms with van der Waals surface area (Å²) in [4.78, 5) is 15.8. The summed E-state index contributed by atoms with van der Waals surface area (Å²) in [7, 11) is 0. The monoisotopic (exact) mass is 214 g/mol. The predicted molar refractivity (Wildman–Crippen MR) is 60.2 cm³/mol. The molecule has 0 saturated heterocycles. The van der Waals surface area contributed by atoms with Crippen LogP contribution >= 0.6 is 0 Å². The highest BCUT2D eigenvalue weighted by molar-refractivity contribution is 6.12. The van der Waals surface area contributed by atoms with Crippen molar-refractivity contribution in [2.75, 3.05) is 5.73 Å². The molecule has 0 spiro atoms. The predicted octanol–water partition coefficient (Wildman–Crippen LogP) is 1.60. The van der Waals surface area contributed by atoms with E-state index in [9.17, 15) is 9.90 Å². The largest absolute Gasteiger partial charge is 0.508 e. The molecule has 0 saturated carbocycles.